The van der Waals surface area contributed by atoms with Crippen LogP contribution in [-0.4, -0.2) is 38.4 Å². The van der Waals surface area contributed by atoms with Gasteiger partial charge in [-0.25, -0.2) is 4.79 Å². The lowest BCUT2D eigenvalue weighted by molar-refractivity contribution is -0.130. The quantitative estimate of drug-likeness (QED) is 0.593. The lowest BCUT2D eigenvalue weighted by Crippen LogP contribution is -2.40. The maximum absolute atomic E-state index is 12.4. The Morgan fingerprint density at radius 2 is 1.90 bits per heavy atom. The van der Waals surface area contributed by atoms with Crippen molar-refractivity contribution in [1.82, 2.24) is 25.7 Å². The van der Waals surface area contributed by atoms with Gasteiger partial charge in [-0.3, -0.25) is 19.5 Å². The van der Waals surface area contributed by atoms with Gasteiger partial charge in [-0.1, -0.05) is 29.4 Å². The molecule has 9 nitrogen and oxygen atoms in total. The third-order valence-electron chi connectivity index (χ3n) is 4.95. The summed E-state index contributed by atoms with van der Waals surface area (Å²) in [5.74, 6) is -0.150. The smallest absolute Gasteiger partial charge is 0.325 e. The molecule has 1 saturated heterocycles. The lowest BCUT2D eigenvalue weighted by Gasteiger charge is -2.16. The highest BCUT2D eigenvalue weighted by Gasteiger charge is 2.43. The molecule has 2 N–H and O–H groups in total. The van der Waals surface area contributed by atoms with E-state index in [9.17, 15) is 14.4 Å². The van der Waals surface area contributed by atoms with Crippen molar-refractivity contribution in [3.63, 3.8) is 0 Å². The third kappa shape index (κ3) is 4.30. The van der Waals surface area contributed by atoms with E-state index >= 15 is 0 Å². The van der Waals surface area contributed by atoms with E-state index in [2.05, 4.69) is 20.8 Å². The van der Waals surface area contributed by atoms with E-state index < -0.39 is 11.6 Å². The van der Waals surface area contributed by atoms with Crippen LogP contribution in [0.25, 0.3) is 11.3 Å². The van der Waals surface area contributed by atoms with E-state index in [1.165, 1.54) is 4.90 Å². The second kappa shape index (κ2) is 8.02. The van der Waals surface area contributed by atoms with Crippen LogP contribution in [0.4, 0.5) is 4.79 Å². The van der Waals surface area contributed by atoms with Crippen LogP contribution in [0, 0.1) is 0 Å². The zero-order valence-corrected chi connectivity index (χ0v) is 17.1. The van der Waals surface area contributed by atoms with Crippen molar-refractivity contribution in [2.75, 3.05) is 0 Å². The maximum Gasteiger partial charge on any atom is 0.325 e. The van der Waals surface area contributed by atoms with Crippen LogP contribution < -0.4 is 10.6 Å². The Morgan fingerprint density at radius 1 is 1.16 bits per heavy atom. The minimum absolute atomic E-state index is 0.177. The Morgan fingerprint density at radius 3 is 2.55 bits per heavy atom. The van der Waals surface area contributed by atoms with Crippen molar-refractivity contribution in [3.8, 4) is 11.3 Å². The normalized spacial score (nSPS) is 15.1. The summed E-state index contributed by atoms with van der Waals surface area (Å²) in [4.78, 5) is 41.9. The number of nitrogens with one attached hydrogen (secondary N) is 2. The standard InChI is InChI=1S/C22H21N5O4/c1-22(2)20(29)27(21(30)25-22)13-15-7-5-14(6-8-15)11-24-19(28)17-10-18(31-26-17)16-4-3-9-23-12-16/h3-10,12H,11,13H2,1-2H3,(H,24,28)(H,25,30). The Balaban J connectivity index is 1.34. The van der Waals surface area contributed by atoms with E-state index in [4.69, 9.17) is 4.52 Å². The van der Waals surface area contributed by atoms with Gasteiger partial charge >= 0.3 is 6.03 Å². The summed E-state index contributed by atoms with van der Waals surface area (Å²) in [5, 5.41) is 9.26. The van der Waals surface area contributed by atoms with E-state index in [0.29, 0.717) is 12.3 Å². The first kappa shape index (κ1) is 20.3. The van der Waals surface area contributed by atoms with Crippen molar-refractivity contribution in [3.05, 3.63) is 71.7 Å². The zero-order valence-electron chi connectivity index (χ0n) is 17.1. The zero-order chi connectivity index (χ0) is 22.0. The molecular weight excluding hydrogens is 398 g/mol. The Bertz CT molecular complexity index is 1120. The summed E-state index contributed by atoms with van der Waals surface area (Å²) in [6.45, 7) is 3.84. The number of carbonyl (C=O) groups excluding carboxylic acids is 3. The third-order valence-corrected chi connectivity index (χ3v) is 4.95. The lowest BCUT2D eigenvalue weighted by atomic mass is 10.1. The van der Waals surface area contributed by atoms with Crippen LogP contribution >= 0.6 is 0 Å². The molecule has 0 atom stereocenters. The predicted molar refractivity (Wildman–Crippen MR) is 111 cm³/mol. The highest BCUT2D eigenvalue weighted by atomic mass is 16.5. The summed E-state index contributed by atoms with van der Waals surface area (Å²) in [6.07, 6.45) is 3.28. The van der Waals surface area contributed by atoms with Gasteiger partial charge in [0.15, 0.2) is 11.5 Å². The molecule has 1 aliphatic rings. The van der Waals surface area contributed by atoms with Crippen molar-refractivity contribution < 1.29 is 18.9 Å². The molecule has 9 heteroatoms. The molecule has 2 aromatic heterocycles. The molecule has 0 saturated carbocycles. The van der Waals surface area contributed by atoms with Crippen LogP contribution in [0.5, 0.6) is 0 Å². The summed E-state index contributed by atoms with van der Waals surface area (Å²) < 4.78 is 5.22. The summed E-state index contributed by atoms with van der Waals surface area (Å²) in [5.41, 5.74) is 1.70. The van der Waals surface area contributed by atoms with Gasteiger partial charge in [-0.2, -0.15) is 0 Å². The average Bonchev–Trinajstić information content (AvgIpc) is 3.33. The van der Waals surface area contributed by atoms with Gasteiger partial charge in [0, 0.05) is 30.6 Å². The molecule has 4 amide bonds. The molecule has 3 heterocycles. The number of nitrogens with zero attached hydrogens (tertiary/aromatic N) is 3. The molecule has 0 aliphatic carbocycles. The fourth-order valence-corrected chi connectivity index (χ4v) is 3.21. The number of rotatable bonds is 6. The van der Waals surface area contributed by atoms with Crippen LogP contribution in [0.2, 0.25) is 0 Å². The number of hydrogen-bond acceptors (Lipinski definition) is 6. The summed E-state index contributed by atoms with van der Waals surface area (Å²) in [6, 6.07) is 12.1. The van der Waals surface area contributed by atoms with E-state index in [1.807, 2.05) is 30.3 Å². The highest BCUT2D eigenvalue weighted by Crippen LogP contribution is 2.20. The van der Waals surface area contributed by atoms with Crippen molar-refractivity contribution in [2.45, 2.75) is 32.5 Å². The fraction of sp³-hybridized carbons (Fsp3) is 0.227. The molecule has 1 aromatic carbocycles. The van der Waals surface area contributed by atoms with E-state index in [0.717, 1.165) is 16.7 Å². The molecular formula is C22H21N5O4. The first-order chi connectivity index (χ1) is 14.8. The molecule has 0 unspecified atom stereocenters. The molecule has 0 radical (unpaired) electrons. The molecule has 1 fully saturated rings. The first-order valence-electron chi connectivity index (χ1n) is 9.71. The number of urea groups is 1. The minimum Gasteiger partial charge on any atom is -0.355 e. The van der Waals surface area contributed by atoms with Crippen LogP contribution in [0.1, 0.15) is 35.5 Å². The number of carbonyl (C=O) groups is 3. The molecule has 0 spiro atoms. The second-order valence-corrected chi connectivity index (χ2v) is 7.76. The van der Waals surface area contributed by atoms with Crippen molar-refractivity contribution >= 4 is 17.8 Å². The van der Waals surface area contributed by atoms with Gasteiger partial charge in [-0.05, 0) is 37.1 Å². The number of amides is 4. The molecule has 4 rings (SSSR count). The maximum atomic E-state index is 12.4. The Kier molecular flexibility index (Phi) is 5.24. The van der Waals surface area contributed by atoms with Gasteiger partial charge in [0.2, 0.25) is 0 Å². The number of hydrogen-bond donors (Lipinski definition) is 2. The number of aromatic nitrogens is 2. The monoisotopic (exact) mass is 419 g/mol. The molecule has 31 heavy (non-hydrogen) atoms. The topological polar surface area (TPSA) is 117 Å². The molecule has 3 aromatic rings. The number of pyridine rings is 1. The first-order valence-corrected chi connectivity index (χ1v) is 9.71. The van der Waals surface area contributed by atoms with Crippen LogP contribution in [-0.2, 0) is 17.9 Å². The summed E-state index contributed by atoms with van der Waals surface area (Å²) >= 11 is 0. The average molecular weight is 419 g/mol. The minimum atomic E-state index is -0.890. The Hall–Kier alpha value is -4.01. The fourth-order valence-electron chi connectivity index (χ4n) is 3.21. The molecule has 158 valence electrons. The number of imide groups is 1. The van der Waals surface area contributed by atoms with Gasteiger partial charge < -0.3 is 15.2 Å². The summed E-state index contributed by atoms with van der Waals surface area (Å²) in [7, 11) is 0. The van der Waals surface area contributed by atoms with Gasteiger partial charge in [0.05, 0.1) is 6.54 Å². The highest BCUT2D eigenvalue weighted by molar-refractivity contribution is 6.06. The second-order valence-electron chi connectivity index (χ2n) is 7.76. The van der Waals surface area contributed by atoms with Crippen molar-refractivity contribution in [2.24, 2.45) is 0 Å². The van der Waals surface area contributed by atoms with E-state index in [1.54, 1.807) is 38.4 Å². The van der Waals surface area contributed by atoms with Crippen LogP contribution in [0.15, 0.2) is 59.4 Å². The SMILES string of the molecule is CC1(C)NC(=O)N(Cc2ccc(CNC(=O)c3cc(-c4cccnc4)on3)cc2)C1=O. The van der Waals surface area contributed by atoms with Gasteiger partial charge in [0.1, 0.15) is 5.54 Å². The van der Waals surface area contributed by atoms with Gasteiger partial charge in [-0.15, -0.1) is 0 Å². The van der Waals surface area contributed by atoms with Crippen LogP contribution in [0.3, 0.4) is 0 Å². The predicted octanol–water partition coefficient (Wildman–Crippen LogP) is 2.50. The largest absolute Gasteiger partial charge is 0.355 e. The number of benzene rings is 1. The van der Waals surface area contributed by atoms with Crippen molar-refractivity contribution in [1.29, 1.82) is 0 Å². The van der Waals surface area contributed by atoms with Gasteiger partial charge in [0.25, 0.3) is 11.8 Å². The molecule has 1 aliphatic heterocycles. The van der Waals surface area contributed by atoms with E-state index in [-0.39, 0.29) is 24.1 Å². The Labute approximate surface area is 178 Å². The molecule has 0 bridgehead atoms.